The Morgan fingerprint density at radius 1 is 1.50 bits per heavy atom. The molecule has 0 aliphatic carbocycles. The minimum Gasteiger partial charge on any atom is -0.480 e. The predicted molar refractivity (Wildman–Crippen MR) is 60.6 cm³/mol. The SMILES string of the molecule is C[C@@H](NC(=O)c1nc2ccc(F)cc2[nH]1)C(=O)O. The van der Waals surface area contributed by atoms with Gasteiger partial charge >= 0.3 is 5.97 Å². The molecule has 94 valence electrons. The predicted octanol–water partition coefficient (Wildman–Crippen LogP) is 0.905. The molecule has 1 amide bonds. The molecule has 0 saturated heterocycles. The van der Waals surface area contributed by atoms with Crippen molar-refractivity contribution in [1.82, 2.24) is 15.3 Å². The van der Waals surface area contributed by atoms with Crippen LogP contribution in [0.1, 0.15) is 17.5 Å². The summed E-state index contributed by atoms with van der Waals surface area (Å²) in [6.07, 6.45) is 0. The van der Waals surface area contributed by atoms with Crippen molar-refractivity contribution in [1.29, 1.82) is 0 Å². The van der Waals surface area contributed by atoms with Gasteiger partial charge in [-0.15, -0.1) is 0 Å². The number of rotatable bonds is 3. The smallest absolute Gasteiger partial charge is 0.325 e. The highest BCUT2D eigenvalue weighted by molar-refractivity contribution is 5.96. The van der Waals surface area contributed by atoms with Crippen LogP contribution >= 0.6 is 0 Å². The topological polar surface area (TPSA) is 95.1 Å². The van der Waals surface area contributed by atoms with Gasteiger partial charge in [0.15, 0.2) is 5.82 Å². The minimum absolute atomic E-state index is 0.0521. The Hall–Kier alpha value is -2.44. The van der Waals surface area contributed by atoms with Gasteiger partial charge in [-0.1, -0.05) is 0 Å². The van der Waals surface area contributed by atoms with E-state index in [1.807, 2.05) is 0 Å². The summed E-state index contributed by atoms with van der Waals surface area (Å²) in [5.41, 5.74) is 0.813. The molecule has 0 aliphatic heterocycles. The van der Waals surface area contributed by atoms with E-state index in [2.05, 4.69) is 15.3 Å². The first kappa shape index (κ1) is 12.0. The summed E-state index contributed by atoms with van der Waals surface area (Å²) >= 11 is 0. The third-order valence-corrected chi connectivity index (χ3v) is 2.38. The molecule has 0 radical (unpaired) electrons. The summed E-state index contributed by atoms with van der Waals surface area (Å²) < 4.78 is 12.9. The van der Waals surface area contributed by atoms with Crippen LogP contribution in [-0.2, 0) is 4.79 Å². The van der Waals surface area contributed by atoms with E-state index in [9.17, 15) is 14.0 Å². The number of hydrogen-bond donors (Lipinski definition) is 3. The Morgan fingerprint density at radius 2 is 2.22 bits per heavy atom. The first-order valence-electron chi connectivity index (χ1n) is 5.16. The number of nitrogens with zero attached hydrogens (tertiary/aromatic N) is 1. The van der Waals surface area contributed by atoms with Crippen LogP contribution in [0.15, 0.2) is 18.2 Å². The van der Waals surface area contributed by atoms with Crippen LogP contribution in [0.2, 0.25) is 0 Å². The van der Waals surface area contributed by atoms with Gasteiger partial charge in [0.05, 0.1) is 11.0 Å². The summed E-state index contributed by atoms with van der Waals surface area (Å²) in [7, 11) is 0. The van der Waals surface area contributed by atoms with Gasteiger partial charge in [-0.05, 0) is 25.1 Å². The highest BCUT2D eigenvalue weighted by Gasteiger charge is 2.18. The summed E-state index contributed by atoms with van der Waals surface area (Å²) in [6, 6.07) is 2.84. The van der Waals surface area contributed by atoms with E-state index in [0.29, 0.717) is 11.0 Å². The van der Waals surface area contributed by atoms with Crippen molar-refractivity contribution in [2.75, 3.05) is 0 Å². The Balaban J connectivity index is 2.26. The zero-order valence-corrected chi connectivity index (χ0v) is 9.40. The lowest BCUT2D eigenvalue weighted by Crippen LogP contribution is -2.38. The third kappa shape index (κ3) is 2.29. The number of aromatic amines is 1. The fraction of sp³-hybridized carbons (Fsp3) is 0.182. The van der Waals surface area contributed by atoms with E-state index in [-0.39, 0.29) is 5.82 Å². The number of aromatic nitrogens is 2. The highest BCUT2D eigenvalue weighted by Crippen LogP contribution is 2.12. The van der Waals surface area contributed by atoms with Crippen molar-refractivity contribution < 1.29 is 19.1 Å². The number of aliphatic carboxylic acids is 1. The van der Waals surface area contributed by atoms with E-state index in [0.717, 1.165) is 0 Å². The largest absolute Gasteiger partial charge is 0.480 e. The number of nitrogens with one attached hydrogen (secondary N) is 2. The molecule has 0 spiro atoms. The number of amides is 1. The van der Waals surface area contributed by atoms with Crippen LogP contribution in [-0.4, -0.2) is 33.0 Å². The molecule has 1 aromatic heterocycles. The Bertz CT molecular complexity index is 623. The van der Waals surface area contributed by atoms with E-state index >= 15 is 0 Å². The van der Waals surface area contributed by atoms with E-state index in [1.165, 1.54) is 25.1 Å². The zero-order valence-electron chi connectivity index (χ0n) is 9.40. The van der Waals surface area contributed by atoms with E-state index in [4.69, 9.17) is 5.11 Å². The molecule has 2 rings (SSSR count). The van der Waals surface area contributed by atoms with Gasteiger partial charge in [-0.3, -0.25) is 9.59 Å². The second kappa shape index (κ2) is 4.44. The maximum absolute atomic E-state index is 12.9. The molecule has 3 N–H and O–H groups in total. The van der Waals surface area contributed by atoms with Crippen molar-refractivity contribution >= 4 is 22.9 Å². The molecule has 6 nitrogen and oxygen atoms in total. The van der Waals surface area contributed by atoms with Gasteiger partial charge in [-0.2, -0.15) is 0 Å². The van der Waals surface area contributed by atoms with Crippen LogP contribution in [0.5, 0.6) is 0 Å². The molecular weight excluding hydrogens is 241 g/mol. The number of hydrogen-bond acceptors (Lipinski definition) is 3. The standard InChI is InChI=1S/C11H10FN3O3/c1-5(11(17)18)13-10(16)9-14-7-3-2-6(12)4-8(7)15-9/h2-5H,1H3,(H,13,16)(H,14,15)(H,17,18)/t5-/m1/s1. The lowest BCUT2D eigenvalue weighted by Gasteiger charge is -2.06. The molecule has 18 heavy (non-hydrogen) atoms. The van der Waals surface area contributed by atoms with Crippen LogP contribution in [0.4, 0.5) is 4.39 Å². The van der Waals surface area contributed by atoms with Crippen LogP contribution in [0.25, 0.3) is 11.0 Å². The number of H-pyrrole nitrogens is 1. The average molecular weight is 251 g/mol. The average Bonchev–Trinajstić information content (AvgIpc) is 2.71. The van der Waals surface area contributed by atoms with Crippen LogP contribution in [0.3, 0.4) is 0 Å². The zero-order chi connectivity index (χ0) is 13.3. The van der Waals surface area contributed by atoms with Crippen molar-refractivity contribution in [2.45, 2.75) is 13.0 Å². The van der Waals surface area contributed by atoms with E-state index in [1.54, 1.807) is 0 Å². The molecule has 2 aromatic rings. The maximum atomic E-state index is 12.9. The van der Waals surface area contributed by atoms with Gasteiger partial charge in [0.1, 0.15) is 11.9 Å². The summed E-state index contributed by atoms with van der Waals surface area (Å²) in [5.74, 6) is -2.30. The molecule has 0 aliphatic rings. The fourth-order valence-electron chi connectivity index (χ4n) is 1.42. The van der Waals surface area contributed by atoms with Crippen LogP contribution in [0, 0.1) is 5.82 Å². The van der Waals surface area contributed by atoms with Gasteiger partial charge < -0.3 is 15.4 Å². The summed E-state index contributed by atoms with van der Waals surface area (Å²) in [5, 5.41) is 10.9. The Labute approximate surface area is 101 Å². The molecule has 0 fully saturated rings. The number of halogens is 1. The van der Waals surface area contributed by atoms with Crippen molar-refractivity contribution in [3.8, 4) is 0 Å². The van der Waals surface area contributed by atoms with Gasteiger partial charge in [-0.25, -0.2) is 9.37 Å². The lowest BCUT2D eigenvalue weighted by molar-refractivity contribution is -0.138. The van der Waals surface area contributed by atoms with Crippen molar-refractivity contribution in [3.05, 3.63) is 29.8 Å². The molecule has 1 heterocycles. The van der Waals surface area contributed by atoms with Crippen LogP contribution < -0.4 is 5.32 Å². The van der Waals surface area contributed by atoms with Gasteiger partial charge in [0.25, 0.3) is 5.91 Å². The lowest BCUT2D eigenvalue weighted by atomic mass is 10.3. The Kier molecular flexibility index (Phi) is 2.97. The highest BCUT2D eigenvalue weighted by atomic mass is 19.1. The minimum atomic E-state index is -1.15. The third-order valence-electron chi connectivity index (χ3n) is 2.38. The number of imidazole rings is 1. The fourth-order valence-corrected chi connectivity index (χ4v) is 1.42. The van der Waals surface area contributed by atoms with Gasteiger partial charge in [0.2, 0.25) is 0 Å². The monoisotopic (exact) mass is 251 g/mol. The molecule has 0 bridgehead atoms. The number of carbonyl (C=O) groups excluding carboxylic acids is 1. The normalized spacial score (nSPS) is 12.3. The second-order valence-electron chi connectivity index (χ2n) is 3.78. The summed E-state index contributed by atoms with van der Waals surface area (Å²) in [6.45, 7) is 1.34. The van der Waals surface area contributed by atoms with Crippen molar-refractivity contribution in [2.24, 2.45) is 0 Å². The number of fused-ring (bicyclic) bond motifs is 1. The molecule has 1 aromatic carbocycles. The molecular formula is C11H10FN3O3. The van der Waals surface area contributed by atoms with E-state index < -0.39 is 23.7 Å². The number of carboxylic acid groups (broad SMARTS) is 1. The number of carbonyl (C=O) groups is 2. The Morgan fingerprint density at radius 3 is 2.89 bits per heavy atom. The van der Waals surface area contributed by atoms with Gasteiger partial charge in [0, 0.05) is 0 Å². The quantitative estimate of drug-likeness (QED) is 0.755. The molecule has 0 saturated carbocycles. The number of benzene rings is 1. The first-order valence-corrected chi connectivity index (χ1v) is 5.16. The maximum Gasteiger partial charge on any atom is 0.325 e. The molecule has 1 atom stereocenters. The first-order chi connectivity index (χ1) is 8.47. The summed E-state index contributed by atoms with van der Waals surface area (Å²) in [4.78, 5) is 28.8. The molecule has 0 unspecified atom stereocenters. The molecule has 7 heteroatoms. The second-order valence-corrected chi connectivity index (χ2v) is 3.78. The number of carboxylic acids is 1. The van der Waals surface area contributed by atoms with Crippen molar-refractivity contribution in [3.63, 3.8) is 0 Å².